The van der Waals surface area contributed by atoms with Crippen molar-refractivity contribution in [1.29, 1.82) is 5.26 Å². The quantitative estimate of drug-likeness (QED) is 0.409. The van der Waals surface area contributed by atoms with Crippen LogP contribution in [0.3, 0.4) is 0 Å². The van der Waals surface area contributed by atoms with Crippen LogP contribution in [0.25, 0.3) is 0 Å². The molecule has 0 saturated carbocycles. The zero-order valence-electron chi connectivity index (χ0n) is 4.60. The molecule has 0 aromatic heterocycles. The summed E-state index contributed by atoms with van der Waals surface area (Å²) in [5, 5.41) is 7.94. The van der Waals surface area contributed by atoms with Gasteiger partial charge in [0.15, 0.2) is 0 Å². The van der Waals surface area contributed by atoms with Gasteiger partial charge in [0.1, 0.15) is 0 Å². The van der Waals surface area contributed by atoms with E-state index >= 15 is 0 Å². The molecule has 0 rings (SSSR count). The Labute approximate surface area is 43.5 Å². The van der Waals surface area contributed by atoms with Gasteiger partial charge in [-0.2, -0.15) is 5.26 Å². The Morgan fingerprint density at radius 1 is 1.57 bits per heavy atom. The van der Waals surface area contributed by atoms with Crippen LogP contribution < -0.4 is 0 Å². The highest BCUT2D eigenvalue weighted by Gasteiger charge is 1.78. The minimum absolute atomic E-state index is 0. The van der Waals surface area contributed by atoms with E-state index in [2.05, 4.69) is 0 Å². The van der Waals surface area contributed by atoms with E-state index in [1.165, 1.54) is 0 Å². The van der Waals surface area contributed by atoms with Crippen molar-refractivity contribution in [3.8, 4) is 6.07 Å². The van der Waals surface area contributed by atoms with Crippen molar-refractivity contribution in [2.24, 2.45) is 0 Å². The molecule has 0 fully saturated rings. The minimum atomic E-state index is 0. The van der Waals surface area contributed by atoms with Crippen LogP contribution >= 0.6 is 0 Å². The molecule has 0 aromatic carbocycles. The van der Waals surface area contributed by atoms with Crippen molar-refractivity contribution in [1.82, 2.24) is 4.90 Å². The van der Waals surface area contributed by atoms with E-state index in [9.17, 15) is 0 Å². The molecule has 0 radical (unpaired) electrons. The monoisotopic (exact) mass is 102 g/mol. The van der Waals surface area contributed by atoms with Crippen LogP contribution in [0.4, 0.5) is 0 Å². The summed E-state index contributed by atoms with van der Waals surface area (Å²) in [6.45, 7) is 0.514. The third kappa shape index (κ3) is 10.8. The van der Waals surface area contributed by atoms with Gasteiger partial charge in [-0.3, -0.25) is 4.90 Å². The van der Waals surface area contributed by atoms with Gasteiger partial charge in [-0.05, 0) is 14.1 Å². The van der Waals surface area contributed by atoms with E-state index in [4.69, 9.17) is 5.26 Å². The van der Waals surface area contributed by atoms with Crippen molar-refractivity contribution in [2.45, 2.75) is 0 Å². The maximum absolute atomic E-state index is 7.94. The van der Waals surface area contributed by atoms with Gasteiger partial charge in [0.25, 0.3) is 0 Å². The minimum Gasteiger partial charge on any atom is -0.412 e. The van der Waals surface area contributed by atoms with Gasteiger partial charge in [-0.25, -0.2) is 0 Å². The van der Waals surface area contributed by atoms with E-state index in [1.54, 1.807) is 0 Å². The number of nitrogens with zero attached hydrogens (tertiary/aromatic N) is 2. The van der Waals surface area contributed by atoms with Crippen LogP contribution in [0.15, 0.2) is 0 Å². The van der Waals surface area contributed by atoms with Crippen LogP contribution in [0.2, 0.25) is 0 Å². The first-order chi connectivity index (χ1) is 2.77. The largest absolute Gasteiger partial charge is 0.412 e. The predicted molar refractivity (Wildman–Crippen MR) is 27.8 cm³/mol. The first-order valence-electron chi connectivity index (χ1n) is 1.79. The van der Waals surface area contributed by atoms with Gasteiger partial charge < -0.3 is 5.48 Å². The van der Waals surface area contributed by atoms with Gasteiger partial charge in [-0.15, -0.1) is 0 Å². The molecule has 0 atom stereocenters. The summed E-state index contributed by atoms with van der Waals surface area (Å²) in [5.74, 6) is 0. The van der Waals surface area contributed by atoms with E-state index in [0.29, 0.717) is 6.54 Å². The van der Waals surface area contributed by atoms with Crippen LogP contribution in [0.5, 0.6) is 0 Å². The van der Waals surface area contributed by atoms with Gasteiger partial charge in [0.2, 0.25) is 0 Å². The summed E-state index contributed by atoms with van der Waals surface area (Å²) in [4.78, 5) is 1.82. The number of hydrogen-bond donors (Lipinski definition) is 0. The van der Waals surface area contributed by atoms with E-state index in [1.807, 2.05) is 25.1 Å². The maximum atomic E-state index is 7.94. The molecule has 0 heterocycles. The van der Waals surface area contributed by atoms with Crippen molar-refractivity contribution < 1.29 is 5.48 Å². The molecule has 0 spiro atoms. The summed E-state index contributed by atoms with van der Waals surface area (Å²) in [6.07, 6.45) is 0. The summed E-state index contributed by atoms with van der Waals surface area (Å²) < 4.78 is 0. The molecule has 42 valence electrons. The Balaban J connectivity index is 0. The summed E-state index contributed by atoms with van der Waals surface area (Å²) in [7, 11) is 3.73. The molecule has 7 heavy (non-hydrogen) atoms. The molecule has 0 saturated heterocycles. The Hall–Kier alpha value is -0.590. The molecular formula is C4H10N2O. The average molecular weight is 102 g/mol. The lowest BCUT2D eigenvalue weighted by Crippen LogP contribution is -2.10. The summed E-state index contributed by atoms with van der Waals surface area (Å²) in [5.41, 5.74) is 0. The van der Waals surface area contributed by atoms with Crippen molar-refractivity contribution >= 4 is 0 Å². The zero-order chi connectivity index (χ0) is 4.99. The van der Waals surface area contributed by atoms with E-state index < -0.39 is 0 Å². The third-order valence-electron chi connectivity index (χ3n) is 0.387. The molecule has 0 aliphatic carbocycles. The van der Waals surface area contributed by atoms with E-state index in [-0.39, 0.29) is 5.48 Å². The molecule has 3 heteroatoms. The van der Waals surface area contributed by atoms with Gasteiger partial charge in [0, 0.05) is 0 Å². The lowest BCUT2D eigenvalue weighted by molar-refractivity contribution is 0.461. The molecule has 0 amide bonds. The molecule has 2 N–H and O–H groups in total. The Morgan fingerprint density at radius 2 is 2.00 bits per heavy atom. The van der Waals surface area contributed by atoms with Crippen LogP contribution in [-0.2, 0) is 0 Å². The normalized spacial score (nSPS) is 7.14. The Bertz CT molecular complexity index is 64.6. The molecule has 0 aliphatic heterocycles. The lowest BCUT2D eigenvalue weighted by atomic mass is 10.7. The van der Waals surface area contributed by atoms with Crippen LogP contribution in [0, 0.1) is 11.3 Å². The smallest absolute Gasteiger partial charge is 0.0861 e. The first-order valence-corrected chi connectivity index (χ1v) is 1.79. The topological polar surface area (TPSA) is 58.5 Å². The second-order valence-electron chi connectivity index (χ2n) is 1.40. The third-order valence-corrected chi connectivity index (χ3v) is 0.387. The average Bonchev–Trinajstić information content (AvgIpc) is 1.35. The standard InChI is InChI=1S/C4H8N2.H2O/c1-6(2)4-3-5;/h4H2,1-2H3;1H2. The molecule has 3 nitrogen and oxygen atoms in total. The Morgan fingerprint density at radius 3 is 2.00 bits per heavy atom. The summed E-state index contributed by atoms with van der Waals surface area (Å²) >= 11 is 0. The van der Waals surface area contributed by atoms with Crippen LogP contribution in [-0.4, -0.2) is 31.0 Å². The van der Waals surface area contributed by atoms with Crippen molar-refractivity contribution in [3.05, 3.63) is 0 Å². The second-order valence-corrected chi connectivity index (χ2v) is 1.40. The zero-order valence-corrected chi connectivity index (χ0v) is 4.60. The molecule has 0 bridgehead atoms. The predicted octanol–water partition coefficient (Wildman–Crippen LogP) is -0.753. The number of hydrogen-bond acceptors (Lipinski definition) is 2. The summed E-state index contributed by atoms with van der Waals surface area (Å²) in [6, 6.07) is 1.99. The van der Waals surface area contributed by atoms with Crippen molar-refractivity contribution in [3.63, 3.8) is 0 Å². The highest BCUT2D eigenvalue weighted by molar-refractivity contribution is 4.71. The Kier molecular flexibility index (Phi) is 7.46. The molecule has 0 aromatic rings. The lowest BCUT2D eigenvalue weighted by Gasteiger charge is -1.97. The first kappa shape index (κ1) is 9.65. The second kappa shape index (κ2) is 5.41. The highest BCUT2D eigenvalue weighted by atomic mass is 16.0. The SMILES string of the molecule is CN(C)CC#N.O. The van der Waals surface area contributed by atoms with Gasteiger partial charge in [0.05, 0.1) is 12.6 Å². The highest BCUT2D eigenvalue weighted by Crippen LogP contribution is 1.64. The number of nitriles is 1. The van der Waals surface area contributed by atoms with Crippen molar-refractivity contribution in [2.75, 3.05) is 20.6 Å². The van der Waals surface area contributed by atoms with Crippen LogP contribution in [0.1, 0.15) is 0 Å². The number of rotatable bonds is 1. The fraction of sp³-hybridized carbons (Fsp3) is 0.750. The molecule has 0 aliphatic rings. The molecule has 0 unspecified atom stereocenters. The fourth-order valence-corrected chi connectivity index (χ4v) is 0.141. The fourth-order valence-electron chi connectivity index (χ4n) is 0.141. The van der Waals surface area contributed by atoms with E-state index in [0.717, 1.165) is 0 Å². The molecular weight excluding hydrogens is 92.1 g/mol. The van der Waals surface area contributed by atoms with Gasteiger partial charge in [-0.1, -0.05) is 0 Å². The maximum Gasteiger partial charge on any atom is 0.0861 e. The van der Waals surface area contributed by atoms with Gasteiger partial charge >= 0.3 is 0 Å².